The summed E-state index contributed by atoms with van der Waals surface area (Å²) in [6, 6.07) is 2.19. The lowest BCUT2D eigenvalue weighted by atomic mass is 9.84. The minimum Gasteiger partial charge on any atom is -0.473 e. The predicted octanol–water partition coefficient (Wildman–Crippen LogP) is 2.66. The Morgan fingerprint density at radius 3 is 3.13 bits per heavy atom. The second kappa shape index (κ2) is 6.19. The summed E-state index contributed by atoms with van der Waals surface area (Å²) >= 11 is 1.76. The molecule has 122 valence electrons. The number of hydrogen-bond donors (Lipinski definition) is 0. The van der Waals surface area contributed by atoms with Crippen molar-refractivity contribution >= 4 is 11.3 Å². The molecule has 0 saturated carbocycles. The van der Waals surface area contributed by atoms with E-state index in [1.165, 1.54) is 5.56 Å². The molecular weight excluding hydrogens is 310 g/mol. The summed E-state index contributed by atoms with van der Waals surface area (Å²) in [6.45, 7) is 5.68. The first-order chi connectivity index (χ1) is 11.2. The van der Waals surface area contributed by atoms with Crippen molar-refractivity contribution in [3.63, 3.8) is 0 Å². The summed E-state index contributed by atoms with van der Waals surface area (Å²) in [5.41, 5.74) is 2.24. The zero-order chi connectivity index (χ0) is 15.7. The first kappa shape index (κ1) is 15.1. The van der Waals surface area contributed by atoms with Gasteiger partial charge in [-0.2, -0.15) is 11.3 Å². The average molecular weight is 331 g/mol. The SMILES string of the molecule is Cc1cncc(OC2CCOC3(C2)CN(Cc2ccsc2)C3)n1. The van der Waals surface area contributed by atoms with Crippen molar-refractivity contribution in [2.45, 2.75) is 38.0 Å². The van der Waals surface area contributed by atoms with E-state index in [1.807, 2.05) is 6.92 Å². The standard InChI is InChI=1S/C17H21N3O2S/c1-13-7-18-8-16(19-13)22-15-2-4-21-17(6-15)11-20(12-17)9-14-3-5-23-10-14/h3,5,7-8,10,15H,2,4,6,9,11-12H2,1H3. The summed E-state index contributed by atoms with van der Waals surface area (Å²) in [7, 11) is 0. The van der Waals surface area contributed by atoms with Crippen LogP contribution in [0.4, 0.5) is 0 Å². The van der Waals surface area contributed by atoms with Crippen LogP contribution in [-0.2, 0) is 11.3 Å². The van der Waals surface area contributed by atoms with Gasteiger partial charge >= 0.3 is 0 Å². The van der Waals surface area contributed by atoms with Crippen LogP contribution in [0.15, 0.2) is 29.2 Å². The number of aryl methyl sites for hydroxylation is 1. The lowest BCUT2D eigenvalue weighted by Gasteiger charge is -2.53. The zero-order valence-electron chi connectivity index (χ0n) is 13.3. The highest BCUT2D eigenvalue weighted by molar-refractivity contribution is 7.07. The van der Waals surface area contributed by atoms with Gasteiger partial charge in [0.15, 0.2) is 0 Å². The van der Waals surface area contributed by atoms with Crippen molar-refractivity contribution in [1.29, 1.82) is 0 Å². The number of thiophene rings is 1. The van der Waals surface area contributed by atoms with E-state index in [-0.39, 0.29) is 11.7 Å². The van der Waals surface area contributed by atoms with Gasteiger partial charge in [-0.3, -0.25) is 9.88 Å². The molecule has 1 atom stereocenters. The maximum atomic E-state index is 6.09. The molecule has 23 heavy (non-hydrogen) atoms. The number of likely N-dealkylation sites (tertiary alicyclic amines) is 1. The van der Waals surface area contributed by atoms with Gasteiger partial charge in [-0.05, 0) is 29.3 Å². The molecule has 2 aliphatic rings. The zero-order valence-corrected chi connectivity index (χ0v) is 14.1. The van der Waals surface area contributed by atoms with Gasteiger partial charge in [-0.25, -0.2) is 4.98 Å². The van der Waals surface area contributed by atoms with Crippen molar-refractivity contribution in [2.24, 2.45) is 0 Å². The monoisotopic (exact) mass is 331 g/mol. The fraction of sp³-hybridized carbons (Fsp3) is 0.529. The van der Waals surface area contributed by atoms with Gasteiger partial charge in [0.05, 0.1) is 24.1 Å². The van der Waals surface area contributed by atoms with E-state index in [0.29, 0.717) is 5.88 Å². The highest BCUT2D eigenvalue weighted by Gasteiger charge is 2.48. The quantitative estimate of drug-likeness (QED) is 0.862. The van der Waals surface area contributed by atoms with E-state index in [2.05, 4.69) is 31.7 Å². The Morgan fingerprint density at radius 2 is 2.35 bits per heavy atom. The van der Waals surface area contributed by atoms with Crippen LogP contribution in [0.5, 0.6) is 5.88 Å². The Balaban J connectivity index is 1.33. The van der Waals surface area contributed by atoms with Crippen molar-refractivity contribution in [3.05, 3.63) is 40.5 Å². The van der Waals surface area contributed by atoms with E-state index >= 15 is 0 Å². The summed E-state index contributed by atoms with van der Waals surface area (Å²) in [5, 5.41) is 4.35. The molecule has 0 aliphatic carbocycles. The molecule has 4 heterocycles. The lowest BCUT2D eigenvalue weighted by molar-refractivity contribution is -0.188. The normalized spacial score (nSPS) is 23.6. The third-order valence-electron chi connectivity index (χ3n) is 4.48. The molecule has 6 heteroatoms. The molecule has 0 N–H and O–H groups in total. The van der Waals surface area contributed by atoms with Crippen molar-refractivity contribution in [1.82, 2.24) is 14.9 Å². The van der Waals surface area contributed by atoms with Crippen LogP contribution in [0.3, 0.4) is 0 Å². The van der Waals surface area contributed by atoms with Gasteiger partial charge < -0.3 is 9.47 Å². The van der Waals surface area contributed by atoms with Gasteiger partial charge in [0.1, 0.15) is 6.10 Å². The fourth-order valence-corrected chi connectivity index (χ4v) is 4.15. The topological polar surface area (TPSA) is 47.5 Å². The second-order valence-corrected chi connectivity index (χ2v) is 7.32. The molecule has 1 unspecified atom stereocenters. The number of rotatable bonds is 4. The molecule has 1 spiro atoms. The third-order valence-corrected chi connectivity index (χ3v) is 5.21. The third kappa shape index (κ3) is 3.39. The number of hydrogen-bond acceptors (Lipinski definition) is 6. The largest absolute Gasteiger partial charge is 0.473 e. The molecule has 2 saturated heterocycles. The molecule has 4 rings (SSSR count). The second-order valence-electron chi connectivity index (χ2n) is 6.54. The molecular formula is C17H21N3O2S. The van der Waals surface area contributed by atoms with E-state index in [1.54, 1.807) is 23.7 Å². The molecule has 0 radical (unpaired) electrons. The van der Waals surface area contributed by atoms with Crippen molar-refractivity contribution in [3.8, 4) is 5.88 Å². The van der Waals surface area contributed by atoms with Gasteiger partial charge in [0.2, 0.25) is 5.88 Å². The Hall–Kier alpha value is -1.50. The van der Waals surface area contributed by atoms with E-state index in [9.17, 15) is 0 Å². The van der Waals surface area contributed by atoms with Gasteiger partial charge in [0, 0.05) is 38.7 Å². The molecule has 0 amide bonds. The van der Waals surface area contributed by atoms with E-state index in [0.717, 1.165) is 44.8 Å². The molecule has 2 aromatic rings. The molecule has 5 nitrogen and oxygen atoms in total. The van der Waals surface area contributed by atoms with Gasteiger partial charge in [-0.15, -0.1) is 0 Å². The number of nitrogens with zero attached hydrogens (tertiary/aromatic N) is 3. The minimum absolute atomic E-state index is 0.0316. The maximum Gasteiger partial charge on any atom is 0.232 e. The van der Waals surface area contributed by atoms with Crippen LogP contribution in [0, 0.1) is 6.92 Å². The summed E-state index contributed by atoms with van der Waals surface area (Å²) in [6.07, 6.45) is 5.46. The molecule has 0 bridgehead atoms. The Morgan fingerprint density at radius 1 is 1.43 bits per heavy atom. The average Bonchev–Trinajstić information content (AvgIpc) is 2.99. The molecule has 2 fully saturated rings. The Labute approximate surface area is 140 Å². The van der Waals surface area contributed by atoms with Crippen LogP contribution in [-0.4, -0.2) is 46.3 Å². The minimum atomic E-state index is -0.0316. The highest BCUT2D eigenvalue weighted by atomic mass is 32.1. The van der Waals surface area contributed by atoms with Gasteiger partial charge in [-0.1, -0.05) is 0 Å². The predicted molar refractivity (Wildman–Crippen MR) is 88.7 cm³/mol. The highest BCUT2D eigenvalue weighted by Crippen LogP contribution is 2.36. The summed E-state index contributed by atoms with van der Waals surface area (Å²) in [5.74, 6) is 0.626. The first-order valence-electron chi connectivity index (χ1n) is 8.04. The summed E-state index contributed by atoms with van der Waals surface area (Å²) < 4.78 is 12.1. The van der Waals surface area contributed by atoms with Gasteiger partial charge in [0.25, 0.3) is 0 Å². The van der Waals surface area contributed by atoms with E-state index < -0.39 is 0 Å². The fourth-order valence-electron chi connectivity index (χ4n) is 3.49. The molecule has 2 aliphatic heterocycles. The van der Waals surface area contributed by atoms with Crippen LogP contribution in [0.25, 0.3) is 0 Å². The van der Waals surface area contributed by atoms with Crippen molar-refractivity contribution in [2.75, 3.05) is 19.7 Å². The van der Waals surface area contributed by atoms with Crippen LogP contribution < -0.4 is 4.74 Å². The Kier molecular flexibility index (Phi) is 4.05. The van der Waals surface area contributed by atoms with E-state index in [4.69, 9.17) is 9.47 Å². The summed E-state index contributed by atoms with van der Waals surface area (Å²) in [4.78, 5) is 11.0. The molecule has 0 aromatic carbocycles. The van der Waals surface area contributed by atoms with Crippen LogP contribution in [0.2, 0.25) is 0 Å². The first-order valence-corrected chi connectivity index (χ1v) is 8.98. The lowest BCUT2D eigenvalue weighted by Crippen LogP contribution is -2.65. The smallest absolute Gasteiger partial charge is 0.232 e. The maximum absolute atomic E-state index is 6.09. The Bertz CT molecular complexity index is 656. The number of aromatic nitrogens is 2. The number of ether oxygens (including phenoxy) is 2. The van der Waals surface area contributed by atoms with Crippen molar-refractivity contribution < 1.29 is 9.47 Å². The molecule has 2 aromatic heterocycles. The van der Waals surface area contributed by atoms with Crippen LogP contribution in [0.1, 0.15) is 24.1 Å². The van der Waals surface area contributed by atoms with Crippen LogP contribution >= 0.6 is 11.3 Å².